The number of para-hydroxylation sites is 1. The van der Waals surface area contributed by atoms with Crippen molar-refractivity contribution in [3.8, 4) is 17.0 Å². The highest BCUT2D eigenvalue weighted by Gasteiger charge is 2.29. The van der Waals surface area contributed by atoms with Crippen molar-refractivity contribution in [2.24, 2.45) is 0 Å². The van der Waals surface area contributed by atoms with Crippen molar-refractivity contribution in [1.82, 2.24) is 19.4 Å². The monoisotopic (exact) mass is 485 g/mol. The fraction of sp³-hybridized carbons (Fsp3) is 0.296. The first-order valence-electron chi connectivity index (χ1n) is 12.0. The molecule has 5 rings (SSSR count). The van der Waals surface area contributed by atoms with Gasteiger partial charge in [0.15, 0.2) is 5.78 Å². The molecule has 0 bridgehead atoms. The quantitative estimate of drug-likeness (QED) is 0.361. The van der Waals surface area contributed by atoms with E-state index in [1.165, 1.54) is 0 Å². The number of rotatable bonds is 8. The number of hydrogen-bond acceptors (Lipinski definition) is 8. The molecule has 3 heterocycles. The average Bonchev–Trinajstić information content (AvgIpc) is 3.40. The van der Waals surface area contributed by atoms with Crippen LogP contribution in [0.4, 0.5) is 23.0 Å². The van der Waals surface area contributed by atoms with E-state index in [1.54, 1.807) is 13.3 Å². The van der Waals surface area contributed by atoms with Crippen LogP contribution in [0.15, 0.2) is 48.7 Å². The standard InChI is InChI=1S/C27H31N7O2/c1-32(2)13-14-33(3)22-16-24(36-4)20(15-18(22)28)31-27-29-11-9-19(30-27)25-17-7-5-6-8-21(17)34-12-10-23(35)26(25)34/h5-9,11,15-16H,10,12-14,28H2,1-4H3,(H,29,30,31). The van der Waals surface area contributed by atoms with Crippen molar-refractivity contribution in [2.75, 3.05) is 57.3 Å². The Hall–Kier alpha value is -4.11. The maximum absolute atomic E-state index is 12.8. The molecule has 4 aromatic rings. The van der Waals surface area contributed by atoms with Gasteiger partial charge in [-0.25, -0.2) is 9.97 Å². The zero-order valence-electron chi connectivity index (χ0n) is 21.1. The van der Waals surface area contributed by atoms with Crippen LogP contribution < -0.4 is 20.7 Å². The Morgan fingerprint density at radius 3 is 2.72 bits per heavy atom. The van der Waals surface area contributed by atoms with E-state index in [1.807, 2.05) is 63.6 Å². The molecule has 186 valence electrons. The third-order valence-electron chi connectivity index (χ3n) is 6.60. The van der Waals surface area contributed by atoms with Crippen LogP contribution in [0.5, 0.6) is 5.75 Å². The van der Waals surface area contributed by atoms with Crippen LogP contribution in [0.2, 0.25) is 0 Å². The van der Waals surface area contributed by atoms with Crippen LogP contribution in [0.3, 0.4) is 0 Å². The molecule has 0 radical (unpaired) electrons. The van der Waals surface area contributed by atoms with Crippen LogP contribution >= 0.6 is 0 Å². The van der Waals surface area contributed by atoms with Gasteiger partial charge in [0.25, 0.3) is 0 Å². The van der Waals surface area contributed by atoms with E-state index < -0.39 is 0 Å². The number of likely N-dealkylation sites (N-methyl/N-ethyl adjacent to an activating group) is 2. The van der Waals surface area contributed by atoms with Gasteiger partial charge in [-0.15, -0.1) is 0 Å². The van der Waals surface area contributed by atoms with Gasteiger partial charge in [-0.3, -0.25) is 4.79 Å². The number of nitrogens with zero attached hydrogens (tertiary/aromatic N) is 5. The van der Waals surface area contributed by atoms with Crippen molar-refractivity contribution >= 4 is 39.7 Å². The van der Waals surface area contributed by atoms with Crippen molar-refractivity contribution < 1.29 is 9.53 Å². The summed E-state index contributed by atoms with van der Waals surface area (Å²) >= 11 is 0. The van der Waals surface area contributed by atoms with Crippen LogP contribution in [-0.2, 0) is 6.54 Å². The third kappa shape index (κ3) is 4.22. The molecule has 1 aliphatic rings. The molecule has 0 saturated carbocycles. The molecule has 36 heavy (non-hydrogen) atoms. The summed E-state index contributed by atoms with van der Waals surface area (Å²) in [5, 5.41) is 4.28. The fourth-order valence-corrected chi connectivity index (χ4v) is 4.75. The normalized spacial score (nSPS) is 12.9. The van der Waals surface area contributed by atoms with Gasteiger partial charge < -0.3 is 30.2 Å². The number of nitrogens with two attached hydrogens (primary N) is 1. The van der Waals surface area contributed by atoms with Crippen LogP contribution in [0, 0.1) is 0 Å². The molecule has 1 aliphatic heterocycles. The van der Waals surface area contributed by atoms with E-state index in [-0.39, 0.29) is 5.78 Å². The van der Waals surface area contributed by atoms with Crippen molar-refractivity contribution in [1.29, 1.82) is 0 Å². The van der Waals surface area contributed by atoms with E-state index in [2.05, 4.69) is 24.7 Å². The van der Waals surface area contributed by atoms with Crippen LogP contribution in [0.25, 0.3) is 22.2 Å². The fourth-order valence-electron chi connectivity index (χ4n) is 4.75. The van der Waals surface area contributed by atoms with Crippen molar-refractivity contribution in [2.45, 2.75) is 13.0 Å². The Morgan fingerprint density at radius 2 is 1.94 bits per heavy atom. The molecule has 2 aromatic heterocycles. The number of ether oxygens (including phenoxy) is 1. The Morgan fingerprint density at radius 1 is 1.14 bits per heavy atom. The predicted molar refractivity (Wildman–Crippen MR) is 144 cm³/mol. The number of anilines is 4. The summed E-state index contributed by atoms with van der Waals surface area (Å²) in [5.74, 6) is 1.17. The lowest BCUT2D eigenvalue weighted by molar-refractivity contribution is 0.0995. The number of ketones is 1. The lowest BCUT2D eigenvalue weighted by atomic mass is 10.0. The lowest BCUT2D eigenvalue weighted by Gasteiger charge is -2.24. The first-order valence-corrected chi connectivity index (χ1v) is 12.0. The summed E-state index contributed by atoms with van der Waals surface area (Å²) in [7, 11) is 7.72. The number of carbonyl (C=O) groups excluding carboxylic acids is 1. The summed E-state index contributed by atoms with van der Waals surface area (Å²) < 4.78 is 7.76. The predicted octanol–water partition coefficient (Wildman–Crippen LogP) is 4.02. The number of nitrogens with one attached hydrogen (secondary N) is 1. The SMILES string of the molecule is COc1cc(N(C)CCN(C)C)c(N)cc1Nc1nccc(-c2c3n(c4ccccc24)CCC3=O)n1. The molecule has 9 heteroatoms. The second kappa shape index (κ2) is 9.50. The number of hydrogen-bond donors (Lipinski definition) is 2. The second-order valence-corrected chi connectivity index (χ2v) is 9.29. The molecular formula is C27H31N7O2. The number of Topliss-reactive ketones (excluding diaryl/α,β-unsaturated/α-hetero) is 1. The van der Waals surface area contributed by atoms with Crippen LogP contribution in [-0.4, -0.2) is 66.6 Å². The maximum atomic E-state index is 12.8. The van der Waals surface area contributed by atoms with Crippen molar-refractivity contribution in [3.63, 3.8) is 0 Å². The highest BCUT2D eigenvalue weighted by Crippen LogP contribution is 2.39. The minimum absolute atomic E-state index is 0.137. The van der Waals surface area contributed by atoms with Gasteiger partial charge in [-0.1, -0.05) is 18.2 Å². The zero-order chi connectivity index (χ0) is 25.4. The molecule has 0 atom stereocenters. The Labute approximate surface area is 210 Å². The van der Waals surface area contributed by atoms with Gasteiger partial charge in [-0.05, 0) is 32.3 Å². The van der Waals surface area contributed by atoms with E-state index >= 15 is 0 Å². The van der Waals surface area contributed by atoms with E-state index in [0.717, 1.165) is 35.2 Å². The van der Waals surface area contributed by atoms with E-state index in [9.17, 15) is 4.79 Å². The highest BCUT2D eigenvalue weighted by molar-refractivity contribution is 6.12. The second-order valence-electron chi connectivity index (χ2n) is 9.29. The minimum atomic E-state index is 0.137. The van der Waals surface area contributed by atoms with Crippen LogP contribution in [0.1, 0.15) is 16.9 Å². The summed E-state index contributed by atoms with van der Waals surface area (Å²) in [6.07, 6.45) is 2.21. The zero-order valence-corrected chi connectivity index (χ0v) is 21.1. The summed E-state index contributed by atoms with van der Waals surface area (Å²) in [5.41, 5.74) is 11.9. The third-order valence-corrected chi connectivity index (χ3v) is 6.60. The van der Waals surface area contributed by atoms with Gasteiger partial charge in [0.2, 0.25) is 5.95 Å². The highest BCUT2D eigenvalue weighted by atomic mass is 16.5. The molecule has 0 unspecified atom stereocenters. The summed E-state index contributed by atoms with van der Waals surface area (Å²) in [6.45, 7) is 2.42. The first kappa shape index (κ1) is 23.6. The first-order chi connectivity index (χ1) is 17.4. The summed E-state index contributed by atoms with van der Waals surface area (Å²) in [4.78, 5) is 26.2. The smallest absolute Gasteiger partial charge is 0.227 e. The average molecular weight is 486 g/mol. The number of fused-ring (bicyclic) bond motifs is 3. The maximum Gasteiger partial charge on any atom is 0.227 e. The number of nitrogen functional groups attached to an aromatic ring is 1. The molecule has 0 spiro atoms. The number of aryl methyl sites for hydroxylation is 1. The van der Waals surface area contributed by atoms with Gasteiger partial charge in [0.05, 0.1) is 35.6 Å². The largest absolute Gasteiger partial charge is 0.494 e. The number of methoxy groups -OCH3 is 1. The molecule has 0 fully saturated rings. The Balaban J connectivity index is 1.50. The number of aromatic nitrogens is 3. The van der Waals surface area contributed by atoms with Gasteiger partial charge in [-0.2, -0.15) is 0 Å². The van der Waals surface area contributed by atoms with Gasteiger partial charge >= 0.3 is 0 Å². The molecule has 0 amide bonds. The Kier molecular flexibility index (Phi) is 6.24. The number of carbonyl (C=O) groups is 1. The molecule has 2 aromatic carbocycles. The topological polar surface area (TPSA) is 102 Å². The van der Waals surface area contributed by atoms with Gasteiger partial charge in [0, 0.05) is 61.8 Å². The van der Waals surface area contributed by atoms with Crippen molar-refractivity contribution in [3.05, 3.63) is 54.4 Å². The Bertz CT molecular complexity index is 1440. The van der Waals surface area contributed by atoms with Gasteiger partial charge in [0.1, 0.15) is 5.75 Å². The molecular weight excluding hydrogens is 454 g/mol. The molecule has 0 aliphatic carbocycles. The number of benzene rings is 2. The molecule has 0 saturated heterocycles. The minimum Gasteiger partial charge on any atom is -0.494 e. The molecule has 3 N–H and O–H groups in total. The summed E-state index contributed by atoms with van der Waals surface area (Å²) in [6, 6.07) is 13.7. The van der Waals surface area contributed by atoms with E-state index in [4.69, 9.17) is 15.5 Å². The lowest BCUT2D eigenvalue weighted by Crippen LogP contribution is -2.29. The van der Waals surface area contributed by atoms with E-state index in [0.29, 0.717) is 47.4 Å². The molecule has 9 nitrogen and oxygen atoms in total.